The summed E-state index contributed by atoms with van der Waals surface area (Å²) in [4.78, 5) is 40.5. The number of nitrogens with one attached hydrogen (secondary N) is 2. The first-order chi connectivity index (χ1) is 14.6. The minimum absolute atomic E-state index is 0. The number of rotatable bonds is 7. The Kier molecular flexibility index (Phi) is 37.0. The number of carboxylic acids is 2. The Labute approximate surface area is 192 Å². The van der Waals surface area contributed by atoms with E-state index >= 15 is 0 Å². The third kappa shape index (κ3) is 37.6. The van der Waals surface area contributed by atoms with E-state index in [9.17, 15) is 14.4 Å². The number of aliphatic carboxylic acids is 2. The molecule has 1 rings (SSSR count). The van der Waals surface area contributed by atoms with Gasteiger partial charge in [-0.3, -0.25) is 14.4 Å². The van der Waals surface area contributed by atoms with E-state index in [2.05, 4.69) is 16.4 Å². The van der Waals surface area contributed by atoms with Crippen LogP contribution in [0.1, 0.15) is 54.0 Å². The van der Waals surface area contributed by atoms with E-state index in [1.54, 1.807) is 19.1 Å². The highest BCUT2D eigenvalue weighted by Gasteiger charge is 2.00. The molecule has 10 heteroatoms. The molecule has 1 aromatic rings. The lowest BCUT2D eigenvalue weighted by Crippen LogP contribution is -2.36. The normalized spacial score (nSPS) is 7.75. The Hall–Kier alpha value is -3.14. The second-order valence-corrected chi connectivity index (χ2v) is 5.10. The van der Waals surface area contributed by atoms with Crippen molar-refractivity contribution in [1.29, 1.82) is 0 Å². The number of ether oxygens (including phenoxy) is 1. The summed E-state index contributed by atoms with van der Waals surface area (Å²) < 4.78 is 4.92. The monoisotopic (exact) mass is 461 g/mol. The fourth-order valence-corrected chi connectivity index (χ4v) is 1.34. The van der Waals surface area contributed by atoms with Gasteiger partial charge in [-0.1, -0.05) is 45.9 Å². The maximum atomic E-state index is 10.7. The van der Waals surface area contributed by atoms with Crippen molar-refractivity contribution in [2.45, 2.75) is 55.4 Å². The molecule has 0 radical (unpaired) electrons. The topological polar surface area (TPSA) is 168 Å². The van der Waals surface area contributed by atoms with Gasteiger partial charge in [-0.2, -0.15) is 0 Å². The van der Waals surface area contributed by atoms with Crippen LogP contribution in [0.25, 0.3) is 0 Å². The van der Waals surface area contributed by atoms with Crippen molar-refractivity contribution in [2.75, 3.05) is 26.7 Å². The molecular formula is C22H43N3O7. The maximum Gasteiger partial charge on any atom is 0.341 e. The maximum absolute atomic E-state index is 10.7. The van der Waals surface area contributed by atoms with Crippen LogP contribution < -0.4 is 21.1 Å². The summed E-state index contributed by atoms with van der Waals surface area (Å²) in [5, 5.41) is 20.8. The summed E-state index contributed by atoms with van der Waals surface area (Å²) in [6.45, 7) is 11.0. The number of hydrogen-bond acceptors (Lipinski definition) is 6. The van der Waals surface area contributed by atoms with Crippen LogP contribution in [-0.4, -0.2) is 60.7 Å². The van der Waals surface area contributed by atoms with Crippen LogP contribution in [0.15, 0.2) is 24.3 Å². The molecule has 0 aromatic heterocycles. The summed E-state index contributed by atoms with van der Waals surface area (Å²) >= 11 is 0. The molecule has 0 unspecified atom stereocenters. The van der Waals surface area contributed by atoms with E-state index in [0.717, 1.165) is 12.5 Å². The predicted molar refractivity (Wildman–Crippen MR) is 128 cm³/mol. The van der Waals surface area contributed by atoms with Gasteiger partial charge in [0.15, 0.2) is 6.61 Å². The highest BCUT2D eigenvalue weighted by molar-refractivity contribution is 5.84. The minimum Gasteiger partial charge on any atom is -0.482 e. The molecule has 0 bridgehead atoms. The molecular weight excluding hydrogens is 418 g/mol. The van der Waals surface area contributed by atoms with Gasteiger partial charge in [0.2, 0.25) is 11.8 Å². The van der Waals surface area contributed by atoms with Gasteiger partial charge in [0.1, 0.15) is 5.75 Å². The van der Waals surface area contributed by atoms with Crippen molar-refractivity contribution in [3.8, 4) is 5.75 Å². The Morgan fingerprint density at radius 2 is 1.38 bits per heavy atom. The Balaban J connectivity index is -0.000000112. The molecule has 0 heterocycles. The molecule has 10 nitrogen and oxygen atoms in total. The standard InChI is InChI=1S/C9H10O3.C7H14N2O2.C2H4O2.C2H6.CH5N.CH4/c1-7-2-4-8(5-3-7)12-6-9(10)11;1-3-6(10)9-5-7(11)8-4-2;1-2(3)4;2*1-2;/h2-5H,6H2,1H3,(H,10,11);3-5H2,1-2H3,(H,8,11)(H,9,10);1H3,(H,3,4);1-2H3;2H2,1H3;1H4. The van der Waals surface area contributed by atoms with Gasteiger partial charge >= 0.3 is 5.97 Å². The third-order valence-electron chi connectivity index (χ3n) is 2.52. The number of carbonyl (C=O) groups is 4. The largest absolute Gasteiger partial charge is 0.482 e. The van der Waals surface area contributed by atoms with Gasteiger partial charge in [0.05, 0.1) is 6.54 Å². The first-order valence-electron chi connectivity index (χ1n) is 9.84. The summed E-state index contributed by atoms with van der Waals surface area (Å²) in [6, 6.07) is 7.24. The van der Waals surface area contributed by atoms with E-state index in [-0.39, 0.29) is 32.4 Å². The average molecular weight is 462 g/mol. The van der Waals surface area contributed by atoms with Gasteiger partial charge in [0.25, 0.3) is 5.97 Å². The van der Waals surface area contributed by atoms with Crippen molar-refractivity contribution >= 4 is 23.8 Å². The molecule has 188 valence electrons. The van der Waals surface area contributed by atoms with Gasteiger partial charge in [-0.25, -0.2) is 4.79 Å². The van der Waals surface area contributed by atoms with Crippen LogP contribution in [0.2, 0.25) is 0 Å². The Morgan fingerprint density at radius 3 is 1.72 bits per heavy atom. The fraction of sp³-hybridized carbons (Fsp3) is 0.545. The number of carbonyl (C=O) groups excluding carboxylic acids is 2. The molecule has 0 spiro atoms. The second kappa shape index (κ2) is 30.1. The third-order valence-corrected chi connectivity index (χ3v) is 2.52. The van der Waals surface area contributed by atoms with Crippen molar-refractivity contribution in [1.82, 2.24) is 10.6 Å². The predicted octanol–water partition coefficient (Wildman–Crippen LogP) is 2.44. The minimum atomic E-state index is -0.962. The number of amides is 2. The smallest absolute Gasteiger partial charge is 0.341 e. The zero-order valence-electron chi connectivity index (χ0n) is 19.7. The zero-order valence-corrected chi connectivity index (χ0v) is 19.7. The summed E-state index contributed by atoms with van der Waals surface area (Å²) in [5.41, 5.74) is 5.62. The quantitative estimate of drug-likeness (QED) is 0.412. The Morgan fingerprint density at radius 1 is 0.938 bits per heavy atom. The molecule has 0 atom stereocenters. The van der Waals surface area contributed by atoms with Crippen LogP contribution >= 0.6 is 0 Å². The molecule has 0 saturated heterocycles. The van der Waals surface area contributed by atoms with E-state index < -0.39 is 11.9 Å². The van der Waals surface area contributed by atoms with Crippen LogP contribution in [0.3, 0.4) is 0 Å². The van der Waals surface area contributed by atoms with Gasteiger partial charge in [0, 0.05) is 19.9 Å². The number of likely N-dealkylation sites (N-methyl/N-ethyl adjacent to an activating group) is 1. The number of benzene rings is 1. The lowest BCUT2D eigenvalue weighted by Gasteiger charge is -2.02. The molecule has 0 aliphatic carbocycles. The lowest BCUT2D eigenvalue weighted by molar-refractivity contribution is -0.139. The van der Waals surface area contributed by atoms with Crippen LogP contribution in [0.4, 0.5) is 0 Å². The van der Waals surface area contributed by atoms with E-state index in [0.29, 0.717) is 18.7 Å². The average Bonchev–Trinajstić information content (AvgIpc) is 2.74. The summed E-state index contributed by atoms with van der Waals surface area (Å²) in [7, 11) is 1.50. The fourth-order valence-electron chi connectivity index (χ4n) is 1.34. The molecule has 0 aliphatic heterocycles. The number of hydrogen-bond donors (Lipinski definition) is 5. The molecule has 6 N–H and O–H groups in total. The first-order valence-corrected chi connectivity index (χ1v) is 9.84. The second-order valence-electron chi connectivity index (χ2n) is 5.10. The molecule has 0 saturated carbocycles. The Bertz CT molecular complexity index is 588. The lowest BCUT2D eigenvalue weighted by atomic mass is 10.2. The number of nitrogens with two attached hydrogens (primary N) is 1. The first kappa shape index (κ1) is 39.3. The van der Waals surface area contributed by atoms with Crippen LogP contribution in [0.5, 0.6) is 5.75 Å². The molecule has 2 amide bonds. The van der Waals surface area contributed by atoms with Gasteiger partial charge < -0.3 is 31.3 Å². The van der Waals surface area contributed by atoms with Gasteiger partial charge in [-0.15, -0.1) is 0 Å². The van der Waals surface area contributed by atoms with Crippen LogP contribution in [-0.2, 0) is 19.2 Å². The summed E-state index contributed by atoms with van der Waals surface area (Å²) in [5.74, 6) is -1.45. The van der Waals surface area contributed by atoms with Crippen molar-refractivity contribution in [3.63, 3.8) is 0 Å². The zero-order chi connectivity index (χ0) is 25.2. The van der Waals surface area contributed by atoms with Crippen LogP contribution in [0, 0.1) is 6.92 Å². The molecule has 1 aromatic carbocycles. The molecule has 32 heavy (non-hydrogen) atoms. The number of aryl methyl sites for hydroxylation is 1. The highest BCUT2D eigenvalue weighted by atomic mass is 16.5. The van der Waals surface area contributed by atoms with E-state index in [4.69, 9.17) is 19.7 Å². The van der Waals surface area contributed by atoms with Crippen molar-refractivity contribution in [3.05, 3.63) is 29.8 Å². The van der Waals surface area contributed by atoms with E-state index in [1.165, 1.54) is 7.05 Å². The van der Waals surface area contributed by atoms with Crippen molar-refractivity contribution < 1.29 is 34.1 Å². The molecule has 0 aliphatic rings. The summed E-state index contributed by atoms with van der Waals surface area (Å²) in [6.07, 6.45) is 0.416. The highest BCUT2D eigenvalue weighted by Crippen LogP contribution is 2.10. The van der Waals surface area contributed by atoms with Gasteiger partial charge in [-0.05, 0) is 33.0 Å². The SMILES string of the molecule is C.CC.CC(=O)O.CCNC(=O)CNC(=O)CC.CN.Cc1ccc(OCC(=O)O)cc1. The number of carboxylic acid groups (broad SMARTS) is 2. The van der Waals surface area contributed by atoms with Crippen molar-refractivity contribution in [2.24, 2.45) is 5.73 Å². The van der Waals surface area contributed by atoms with E-state index in [1.807, 2.05) is 39.8 Å². The molecule has 0 fully saturated rings.